The van der Waals surface area contributed by atoms with Crippen molar-refractivity contribution in [2.45, 2.75) is 50.2 Å². The van der Waals surface area contributed by atoms with Crippen LogP contribution in [-0.2, 0) is 0 Å². The molecule has 1 aromatic carbocycles. The number of fused-ring (bicyclic) bond motifs is 2. The first-order valence-corrected chi connectivity index (χ1v) is 7.72. The fourth-order valence-electron chi connectivity index (χ4n) is 3.85. The van der Waals surface area contributed by atoms with Gasteiger partial charge in [0.2, 0.25) is 0 Å². The predicted octanol–water partition coefficient (Wildman–Crippen LogP) is 1.79. The van der Waals surface area contributed by atoms with E-state index in [1.807, 2.05) is 6.07 Å². The summed E-state index contributed by atoms with van der Waals surface area (Å²) in [5.41, 5.74) is 13.2. The summed E-state index contributed by atoms with van der Waals surface area (Å²) < 4.78 is 0. The lowest BCUT2D eigenvalue weighted by atomic mass is 9.82. The molecule has 2 aliphatic rings. The van der Waals surface area contributed by atoms with Gasteiger partial charge in [0.1, 0.15) is 0 Å². The minimum absolute atomic E-state index is 0.386. The number of nitrogen functional groups attached to an aromatic ring is 1. The molecule has 114 valence electrons. The van der Waals surface area contributed by atoms with Crippen molar-refractivity contribution >= 4 is 17.3 Å². The summed E-state index contributed by atoms with van der Waals surface area (Å²) in [6, 6.07) is 6.91. The van der Waals surface area contributed by atoms with Gasteiger partial charge in [-0.05, 0) is 50.9 Å². The van der Waals surface area contributed by atoms with Crippen LogP contribution in [0, 0.1) is 0 Å². The van der Waals surface area contributed by atoms with E-state index in [9.17, 15) is 4.79 Å². The van der Waals surface area contributed by atoms with Crippen molar-refractivity contribution in [2.75, 3.05) is 18.1 Å². The zero-order valence-electron chi connectivity index (χ0n) is 12.5. The van der Waals surface area contributed by atoms with E-state index in [0.717, 1.165) is 18.5 Å². The number of benzene rings is 1. The van der Waals surface area contributed by atoms with Gasteiger partial charge in [0, 0.05) is 29.5 Å². The number of rotatable bonds is 3. The third-order valence-corrected chi connectivity index (χ3v) is 5.01. The normalized spacial score (nSPS) is 29.1. The van der Waals surface area contributed by atoms with E-state index in [1.54, 1.807) is 12.1 Å². The Morgan fingerprint density at radius 3 is 2.57 bits per heavy atom. The zero-order valence-corrected chi connectivity index (χ0v) is 12.5. The second-order valence-electron chi connectivity index (χ2n) is 6.39. The van der Waals surface area contributed by atoms with Crippen LogP contribution in [0.5, 0.6) is 0 Å². The lowest BCUT2D eigenvalue weighted by molar-refractivity contribution is 0.0608. The van der Waals surface area contributed by atoms with Crippen LogP contribution in [0.3, 0.4) is 0 Å². The highest BCUT2D eigenvalue weighted by atomic mass is 16.1. The molecule has 2 saturated heterocycles. The van der Waals surface area contributed by atoms with E-state index in [1.165, 1.54) is 19.3 Å². The van der Waals surface area contributed by atoms with Crippen molar-refractivity contribution in [3.8, 4) is 0 Å². The third kappa shape index (κ3) is 2.83. The summed E-state index contributed by atoms with van der Waals surface area (Å²) >= 11 is 0. The van der Waals surface area contributed by atoms with E-state index < -0.39 is 5.91 Å². The summed E-state index contributed by atoms with van der Waals surface area (Å²) in [5, 5.41) is 3.51. The van der Waals surface area contributed by atoms with Crippen LogP contribution < -0.4 is 16.8 Å². The summed E-state index contributed by atoms with van der Waals surface area (Å²) in [4.78, 5) is 14.1. The lowest BCUT2D eigenvalue weighted by Crippen LogP contribution is -2.52. The molecule has 21 heavy (non-hydrogen) atoms. The quantitative estimate of drug-likeness (QED) is 0.740. The van der Waals surface area contributed by atoms with Gasteiger partial charge in [0.25, 0.3) is 5.91 Å². The Morgan fingerprint density at radius 2 is 1.95 bits per heavy atom. The molecule has 5 heteroatoms. The van der Waals surface area contributed by atoms with Gasteiger partial charge in [0.05, 0.1) is 5.56 Å². The van der Waals surface area contributed by atoms with Crippen molar-refractivity contribution in [3.63, 3.8) is 0 Å². The topological polar surface area (TPSA) is 84.4 Å². The smallest absolute Gasteiger partial charge is 0.250 e. The van der Waals surface area contributed by atoms with Crippen LogP contribution in [0.25, 0.3) is 0 Å². The Bertz CT molecular complexity index is 531. The molecule has 5 nitrogen and oxygen atoms in total. The number of piperidine rings is 2. The molecule has 0 saturated carbocycles. The highest BCUT2D eigenvalue weighted by molar-refractivity contribution is 5.99. The molecular weight excluding hydrogens is 264 g/mol. The largest absolute Gasteiger partial charge is 0.399 e. The highest BCUT2D eigenvalue weighted by Crippen LogP contribution is 2.34. The number of carbonyl (C=O) groups excluding carboxylic acids is 1. The van der Waals surface area contributed by atoms with Crippen LogP contribution in [0.4, 0.5) is 11.4 Å². The summed E-state index contributed by atoms with van der Waals surface area (Å²) in [5.74, 6) is -0.411. The van der Waals surface area contributed by atoms with Crippen molar-refractivity contribution in [1.29, 1.82) is 0 Å². The minimum Gasteiger partial charge on any atom is -0.399 e. The number of hydrogen-bond donors (Lipinski definition) is 3. The van der Waals surface area contributed by atoms with E-state index in [4.69, 9.17) is 11.5 Å². The van der Waals surface area contributed by atoms with Gasteiger partial charge in [-0.1, -0.05) is 6.42 Å². The molecular formula is C16H24N4O. The van der Waals surface area contributed by atoms with Crippen molar-refractivity contribution in [3.05, 3.63) is 23.8 Å². The minimum atomic E-state index is -0.411. The van der Waals surface area contributed by atoms with Crippen molar-refractivity contribution < 1.29 is 4.79 Å². The molecule has 2 aliphatic heterocycles. The number of anilines is 2. The fraction of sp³-hybridized carbons (Fsp3) is 0.562. The molecule has 0 aliphatic carbocycles. The van der Waals surface area contributed by atoms with Crippen LogP contribution in [-0.4, -0.2) is 36.0 Å². The Labute approximate surface area is 125 Å². The fourth-order valence-corrected chi connectivity index (χ4v) is 3.85. The van der Waals surface area contributed by atoms with Gasteiger partial charge in [0.15, 0.2) is 0 Å². The molecule has 0 spiro atoms. The standard InChI is InChI=1S/C16H24N4O/c1-20-12-3-2-4-13(20)9-11(8-12)19-15-7-10(17)5-6-14(15)16(18)21/h5-7,11-13,19H,2-4,8-9,17H2,1H3,(H2,18,21). The summed E-state index contributed by atoms with van der Waals surface area (Å²) in [6.07, 6.45) is 6.09. The van der Waals surface area contributed by atoms with Gasteiger partial charge < -0.3 is 21.7 Å². The second kappa shape index (κ2) is 5.56. The Kier molecular flexibility index (Phi) is 3.76. The molecule has 2 heterocycles. The van der Waals surface area contributed by atoms with E-state index in [2.05, 4.69) is 17.3 Å². The Morgan fingerprint density at radius 1 is 1.29 bits per heavy atom. The monoisotopic (exact) mass is 288 g/mol. The van der Waals surface area contributed by atoms with Crippen LogP contribution >= 0.6 is 0 Å². The van der Waals surface area contributed by atoms with Gasteiger partial charge in [-0.25, -0.2) is 0 Å². The average Bonchev–Trinajstić information content (AvgIpc) is 2.39. The van der Waals surface area contributed by atoms with Crippen molar-refractivity contribution in [2.24, 2.45) is 5.73 Å². The Balaban J connectivity index is 1.78. The van der Waals surface area contributed by atoms with Gasteiger partial charge in [-0.15, -0.1) is 0 Å². The van der Waals surface area contributed by atoms with Gasteiger partial charge in [-0.3, -0.25) is 4.79 Å². The maximum absolute atomic E-state index is 11.6. The summed E-state index contributed by atoms with van der Waals surface area (Å²) in [6.45, 7) is 0. The number of primary amides is 1. The maximum Gasteiger partial charge on any atom is 0.250 e. The molecule has 0 aromatic heterocycles. The molecule has 2 unspecified atom stereocenters. The first kappa shape index (κ1) is 14.2. The first-order chi connectivity index (χ1) is 10.0. The number of nitrogens with one attached hydrogen (secondary N) is 1. The van der Waals surface area contributed by atoms with E-state index in [0.29, 0.717) is 29.4 Å². The second-order valence-corrected chi connectivity index (χ2v) is 6.39. The molecule has 1 amide bonds. The highest BCUT2D eigenvalue weighted by Gasteiger charge is 2.36. The predicted molar refractivity (Wildman–Crippen MR) is 85.2 cm³/mol. The van der Waals surface area contributed by atoms with E-state index in [-0.39, 0.29) is 0 Å². The molecule has 2 bridgehead atoms. The number of nitrogens with two attached hydrogens (primary N) is 2. The van der Waals surface area contributed by atoms with Crippen LogP contribution in [0.1, 0.15) is 42.5 Å². The number of hydrogen-bond acceptors (Lipinski definition) is 4. The van der Waals surface area contributed by atoms with Crippen molar-refractivity contribution in [1.82, 2.24) is 4.90 Å². The SMILES string of the molecule is CN1C2CCCC1CC(Nc1cc(N)ccc1C(N)=O)C2. The number of nitrogens with zero attached hydrogens (tertiary/aromatic N) is 1. The molecule has 2 fully saturated rings. The third-order valence-electron chi connectivity index (χ3n) is 5.01. The molecule has 0 radical (unpaired) electrons. The van der Waals surface area contributed by atoms with Crippen LogP contribution in [0.15, 0.2) is 18.2 Å². The lowest BCUT2D eigenvalue weighted by Gasteiger charge is -2.47. The number of amides is 1. The Hall–Kier alpha value is -1.75. The first-order valence-electron chi connectivity index (χ1n) is 7.72. The molecule has 2 atom stereocenters. The van der Waals surface area contributed by atoms with Crippen LogP contribution in [0.2, 0.25) is 0 Å². The summed E-state index contributed by atoms with van der Waals surface area (Å²) in [7, 11) is 2.24. The average molecular weight is 288 g/mol. The zero-order chi connectivity index (χ0) is 15.0. The van der Waals surface area contributed by atoms with E-state index >= 15 is 0 Å². The van der Waals surface area contributed by atoms with Gasteiger partial charge >= 0.3 is 0 Å². The molecule has 1 aromatic rings. The molecule has 3 rings (SSSR count). The maximum atomic E-state index is 11.6. The van der Waals surface area contributed by atoms with Gasteiger partial charge in [-0.2, -0.15) is 0 Å². The molecule has 5 N–H and O–H groups in total. The number of carbonyl (C=O) groups is 1.